The number of halogens is 2. The second-order valence-electron chi connectivity index (χ2n) is 8.06. The first kappa shape index (κ1) is 25.2. The molecule has 3 amide bonds. The van der Waals surface area contributed by atoms with Crippen molar-refractivity contribution >= 4 is 40.6 Å². The minimum atomic E-state index is -2.00. The summed E-state index contributed by atoms with van der Waals surface area (Å²) in [4.78, 5) is 40.7. The molecule has 2 aliphatic heterocycles. The fourth-order valence-electron chi connectivity index (χ4n) is 3.96. The summed E-state index contributed by atoms with van der Waals surface area (Å²) in [5.74, 6) is -5.24. The van der Waals surface area contributed by atoms with Gasteiger partial charge in [0.25, 0.3) is 17.7 Å². The van der Waals surface area contributed by atoms with E-state index in [0.29, 0.717) is 24.5 Å². The number of rotatable bonds is 6. The lowest BCUT2D eigenvalue weighted by atomic mass is 10.1. The van der Waals surface area contributed by atoms with Crippen molar-refractivity contribution in [3.8, 4) is 0 Å². The van der Waals surface area contributed by atoms with E-state index in [1.54, 1.807) is 24.3 Å². The number of nitrogens with two attached hydrogens (primary N) is 1. The van der Waals surface area contributed by atoms with Crippen LogP contribution in [0.2, 0.25) is 0 Å². The summed E-state index contributed by atoms with van der Waals surface area (Å²) in [6.07, 6.45) is -3.58. The van der Waals surface area contributed by atoms with Crippen molar-refractivity contribution < 1.29 is 37.7 Å². The fraction of sp³-hybridized carbons (Fsp3) is 0.304. The van der Waals surface area contributed by atoms with Crippen LogP contribution < -0.4 is 20.9 Å². The molecule has 0 bridgehead atoms. The predicted molar refractivity (Wildman–Crippen MR) is 124 cm³/mol. The highest BCUT2D eigenvalue weighted by atomic mass is 19.1. The Morgan fingerprint density at radius 2 is 1.75 bits per heavy atom. The van der Waals surface area contributed by atoms with E-state index in [4.69, 9.17) is 20.6 Å². The number of aliphatic hydroxyl groups is 1. The molecule has 4 rings (SSSR count). The van der Waals surface area contributed by atoms with Gasteiger partial charge in [-0.3, -0.25) is 19.8 Å². The highest BCUT2D eigenvalue weighted by molar-refractivity contribution is 6.04. The normalized spacial score (nSPS) is 19.2. The number of hydrogen-bond acceptors (Lipinski definition) is 7. The summed E-state index contributed by atoms with van der Waals surface area (Å²) in [5.41, 5.74) is 5.04. The van der Waals surface area contributed by atoms with E-state index >= 15 is 0 Å². The van der Waals surface area contributed by atoms with Crippen molar-refractivity contribution in [3.63, 3.8) is 0 Å². The van der Waals surface area contributed by atoms with Gasteiger partial charge in [-0.25, -0.2) is 8.78 Å². The molecule has 0 aromatic heterocycles. The Morgan fingerprint density at radius 1 is 1.11 bits per heavy atom. The molecule has 36 heavy (non-hydrogen) atoms. The van der Waals surface area contributed by atoms with E-state index < -0.39 is 47.1 Å². The third-order valence-corrected chi connectivity index (χ3v) is 5.70. The van der Waals surface area contributed by atoms with E-state index in [2.05, 4.69) is 5.32 Å². The molecule has 1 unspecified atom stereocenters. The molecular formula is C23H23F2N5O6. The highest BCUT2D eigenvalue weighted by Crippen LogP contribution is 2.27. The largest absolute Gasteiger partial charge is 0.384 e. The van der Waals surface area contributed by atoms with Crippen LogP contribution in [0.4, 0.5) is 25.8 Å². The van der Waals surface area contributed by atoms with Gasteiger partial charge in [0.05, 0.1) is 18.8 Å². The molecule has 5 N–H and O–H groups in total. The molecule has 2 atom stereocenters. The number of anilines is 3. The molecule has 0 radical (unpaired) electrons. The van der Waals surface area contributed by atoms with Gasteiger partial charge in [0.1, 0.15) is 24.1 Å². The van der Waals surface area contributed by atoms with Gasteiger partial charge in [-0.05, 0) is 30.3 Å². The van der Waals surface area contributed by atoms with Gasteiger partial charge in [-0.2, -0.15) is 0 Å². The second kappa shape index (κ2) is 10.4. The van der Waals surface area contributed by atoms with Crippen LogP contribution in [0, 0.1) is 17.0 Å². The van der Waals surface area contributed by atoms with Gasteiger partial charge < -0.3 is 35.4 Å². The molecule has 2 aromatic rings. The number of morpholine rings is 2. The molecule has 2 saturated heterocycles. The van der Waals surface area contributed by atoms with Crippen LogP contribution in [0.3, 0.4) is 0 Å². The zero-order chi connectivity index (χ0) is 26.0. The van der Waals surface area contributed by atoms with Gasteiger partial charge in [0.2, 0.25) is 0 Å². The number of carbonyl (C=O) groups is 3. The van der Waals surface area contributed by atoms with Gasteiger partial charge in [-0.15, -0.1) is 0 Å². The number of amides is 3. The highest BCUT2D eigenvalue weighted by Gasteiger charge is 2.39. The summed E-state index contributed by atoms with van der Waals surface area (Å²) < 4.78 is 38.6. The number of nitrogens with one attached hydrogen (secondary N) is 2. The number of nitrogen functional groups attached to an aromatic ring is 1. The van der Waals surface area contributed by atoms with Crippen molar-refractivity contribution in [2.45, 2.75) is 12.2 Å². The maximum absolute atomic E-state index is 14.1. The molecular weight excluding hydrogens is 480 g/mol. The molecule has 190 valence electrons. The Labute approximate surface area is 203 Å². The standard InChI is InChI=1S/C23H23F2N5O6/c24-15-8-12(9-16(25)18(15)21(26)27)28-22(33)19(32)20-23(34)30(5-7-36-20)14-3-1-2-13(10-14)29-4-6-35-11-17(29)31/h1-3,8-10,19-20,32H,4-7,11H2,(H3,26,27)(H,28,33)/t19?,20-/m1/s1. The maximum Gasteiger partial charge on any atom is 0.259 e. The van der Waals surface area contributed by atoms with E-state index in [1.807, 2.05) is 0 Å². The van der Waals surface area contributed by atoms with Crippen LogP contribution in [0.1, 0.15) is 5.56 Å². The Balaban J connectivity index is 1.49. The SMILES string of the molecule is N=C(N)c1c(F)cc(NC(=O)C(O)[C@H]2OCCN(c3cccc(N4CCOCC4=O)c3)C2=O)cc1F. The smallest absolute Gasteiger partial charge is 0.259 e. The van der Waals surface area contributed by atoms with Crippen LogP contribution in [0.15, 0.2) is 36.4 Å². The third-order valence-electron chi connectivity index (χ3n) is 5.70. The molecule has 13 heteroatoms. The third kappa shape index (κ3) is 5.03. The fourth-order valence-corrected chi connectivity index (χ4v) is 3.96. The van der Waals surface area contributed by atoms with Crippen molar-refractivity contribution in [3.05, 3.63) is 53.6 Å². The first-order valence-corrected chi connectivity index (χ1v) is 10.9. The molecule has 0 spiro atoms. The van der Waals surface area contributed by atoms with E-state index in [0.717, 1.165) is 12.1 Å². The number of ether oxygens (including phenoxy) is 2. The van der Waals surface area contributed by atoms with Crippen molar-refractivity contribution in [1.29, 1.82) is 5.41 Å². The lowest BCUT2D eigenvalue weighted by Crippen LogP contribution is -2.55. The van der Waals surface area contributed by atoms with Crippen molar-refractivity contribution in [2.24, 2.45) is 5.73 Å². The average Bonchev–Trinajstić information content (AvgIpc) is 2.83. The molecule has 0 aliphatic carbocycles. The zero-order valence-electron chi connectivity index (χ0n) is 18.9. The first-order valence-electron chi connectivity index (χ1n) is 10.9. The van der Waals surface area contributed by atoms with E-state index in [-0.39, 0.29) is 31.4 Å². The maximum atomic E-state index is 14.1. The molecule has 2 aliphatic rings. The summed E-state index contributed by atoms with van der Waals surface area (Å²) in [6, 6.07) is 8.13. The monoisotopic (exact) mass is 503 g/mol. The zero-order valence-corrected chi connectivity index (χ0v) is 18.9. The predicted octanol–water partition coefficient (Wildman–Crippen LogP) is 0.343. The number of nitrogens with zero attached hydrogens (tertiary/aromatic N) is 2. The molecule has 2 aromatic carbocycles. The van der Waals surface area contributed by atoms with Crippen LogP contribution in [0.5, 0.6) is 0 Å². The van der Waals surface area contributed by atoms with Gasteiger partial charge in [-0.1, -0.05) is 6.07 Å². The molecule has 0 saturated carbocycles. The molecule has 2 heterocycles. The Hall–Kier alpha value is -3.94. The number of benzene rings is 2. The lowest BCUT2D eigenvalue weighted by Gasteiger charge is -2.35. The molecule has 2 fully saturated rings. The number of carbonyl (C=O) groups excluding carboxylic acids is 3. The lowest BCUT2D eigenvalue weighted by molar-refractivity contribution is -0.150. The Kier molecular flexibility index (Phi) is 7.24. The van der Waals surface area contributed by atoms with Gasteiger partial charge >= 0.3 is 0 Å². The number of hydrogen-bond donors (Lipinski definition) is 4. The van der Waals surface area contributed by atoms with Crippen molar-refractivity contribution in [1.82, 2.24) is 0 Å². The number of amidine groups is 1. The average molecular weight is 503 g/mol. The summed E-state index contributed by atoms with van der Waals surface area (Å²) >= 11 is 0. The summed E-state index contributed by atoms with van der Waals surface area (Å²) in [5, 5.41) is 19.9. The minimum Gasteiger partial charge on any atom is -0.384 e. The van der Waals surface area contributed by atoms with Crippen LogP contribution >= 0.6 is 0 Å². The minimum absolute atomic E-state index is 0.00196. The number of aliphatic hydroxyl groups excluding tert-OH is 1. The van der Waals surface area contributed by atoms with Gasteiger partial charge in [0, 0.05) is 30.2 Å². The Morgan fingerprint density at radius 3 is 2.39 bits per heavy atom. The Bertz CT molecular complexity index is 1200. The topological polar surface area (TPSA) is 158 Å². The summed E-state index contributed by atoms with van der Waals surface area (Å²) in [7, 11) is 0. The van der Waals surface area contributed by atoms with Crippen LogP contribution in [-0.4, -0.2) is 73.8 Å². The molecule has 11 nitrogen and oxygen atoms in total. The van der Waals surface area contributed by atoms with Gasteiger partial charge in [0.15, 0.2) is 12.2 Å². The second-order valence-corrected chi connectivity index (χ2v) is 8.06. The van der Waals surface area contributed by atoms with E-state index in [9.17, 15) is 28.3 Å². The van der Waals surface area contributed by atoms with E-state index in [1.165, 1.54) is 9.80 Å². The van der Waals surface area contributed by atoms with Crippen LogP contribution in [-0.2, 0) is 23.9 Å². The summed E-state index contributed by atoms with van der Waals surface area (Å²) in [6.45, 7) is 0.817. The van der Waals surface area contributed by atoms with Crippen molar-refractivity contribution in [2.75, 3.05) is 48.0 Å². The quantitative estimate of drug-likeness (QED) is 0.327. The first-order chi connectivity index (χ1) is 17.2. The van der Waals surface area contributed by atoms with Crippen LogP contribution in [0.25, 0.3) is 0 Å².